The van der Waals surface area contributed by atoms with Crippen LogP contribution < -0.4 is 10.1 Å². The molecule has 1 aromatic carbocycles. The van der Waals surface area contributed by atoms with Crippen molar-refractivity contribution in [2.75, 3.05) is 44.2 Å². The van der Waals surface area contributed by atoms with Gasteiger partial charge in [0.1, 0.15) is 5.75 Å². The van der Waals surface area contributed by atoms with Crippen LogP contribution in [0.5, 0.6) is 5.75 Å². The molecule has 0 amide bonds. The summed E-state index contributed by atoms with van der Waals surface area (Å²) in [6.07, 6.45) is 1.40. The average molecular weight is 373 g/mol. The first-order valence-electron chi connectivity index (χ1n) is 7.86. The highest BCUT2D eigenvalue weighted by Gasteiger charge is 2.33. The summed E-state index contributed by atoms with van der Waals surface area (Å²) in [5.74, 6) is 1.15. The summed E-state index contributed by atoms with van der Waals surface area (Å²) in [4.78, 5) is 1.98. The Labute approximate surface area is 149 Å². The number of nitrogens with one attached hydrogen (secondary N) is 1. The Kier molecular flexibility index (Phi) is 6.82. The zero-order valence-corrected chi connectivity index (χ0v) is 15.7. The van der Waals surface area contributed by atoms with Gasteiger partial charge >= 0.3 is 0 Å². The predicted molar refractivity (Wildman–Crippen MR) is 99.5 cm³/mol. The number of benzene rings is 1. The number of methoxy groups -OCH3 is 2. The van der Waals surface area contributed by atoms with E-state index < -0.39 is 9.84 Å². The lowest BCUT2D eigenvalue weighted by molar-refractivity contribution is 0.181. The van der Waals surface area contributed by atoms with Gasteiger partial charge in [-0.15, -0.1) is 0 Å². The standard InChI is InChI=1S/C16H24N2O4S2/c1-21-10-3-9-18(14-8-11-24(19,20)12-14)16(23)17-13-4-6-15(22-2)7-5-13/h4-7,14H,3,8-12H2,1-2H3,(H,17,23)/t14-/m1/s1. The second kappa shape index (κ2) is 8.64. The molecule has 1 aliphatic rings. The van der Waals surface area contributed by atoms with Crippen molar-refractivity contribution in [3.05, 3.63) is 24.3 Å². The van der Waals surface area contributed by atoms with Gasteiger partial charge in [0, 0.05) is 32.0 Å². The highest BCUT2D eigenvalue weighted by molar-refractivity contribution is 7.91. The van der Waals surface area contributed by atoms with Crippen LogP contribution in [-0.2, 0) is 14.6 Å². The lowest BCUT2D eigenvalue weighted by Crippen LogP contribution is -2.44. The molecule has 1 aromatic rings. The normalized spacial score (nSPS) is 19.0. The molecule has 1 fully saturated rings. The molecule has 6 nitrogen and oxygen atoms in total. The van der Waals surface area contributed by atoms with Crippen LogP contribution in [-0.4, -0.2) is 63.3 Å². The summed E-state index contributed by atoms with van der Waals surface area (Å²) in [6.45, 7) is 1.27. The van der Waals surface area contributed by atoms with E-state index in [2.05, 4.69) is 5.32 Å². The quantitative estimate of drug-likeness (QED) is 0.579. The molecule has 0 bridgehead atoms. The lowest BCUT2D eigenvalue weighted by Gasteiger charge is -2.31. The number of thiocarbonyl (C=S) groups is 1. The van der Waals surface area contributed by atoms with Gasteiger partial charge in [0.2, 0.25) is 0 Å². The van der Waals surface area contributed by atoms with Gasteiger partial charge in [0.15, 0.2) is 14.9 Å². The lowest BCUT2D eigenvalue weighted by atomic mass is 10.2. The molecule has 0 aliphatic carbocycles. The number of sulfone groups is 1. The van der Waals surface area contributed by atoms with Crippen molar-refractivity contribution < 1.29 is 17.9 Å². The Bertz CT molecular complexity index is 647. The first-order valence-corrected chi connectivity index (χ1v) is 10.1. The molecular formula is C16H24N2O4S2. The van der Waals surface area contributed by atoms with Gasteiger partial charge in [0.05, 0.1) is 18.6 Å². The SMILES string of the molecule is COCCCN(C(=S)Nc1ccc(OC)cc1)[C@@H]1CCS(=O)(=O)C1. The molecule has 1 saturated heterocycles. The predicted octanol–water partition coefficient (Wildman–Crippen LogP) is 1.92. The second-order valence-corrected chi connectivity index (χ2v) is 8.37. The van der Waals surface area contributed by atoms with E-state index in [0.717, 1.165) is 17.9 Å². The Morgan fingerprint density at radius 2 is 2.04 bits per heavy atom. The van der Waals surface area contributed by atoms with Gasteiger partial charge in [-0.25, -0.2) is 8.42 Å². The van der Waals surface area contributed by atoms with Crippen LogP contribution in [0.3, 0.4) is 0 Å². The molecule has 8 heteroatoms. The highest BCUT2D eigenvalue weighted by atomic mass is 32.2. The van der Waals surface area contributed by atoms with Crippen molar-refractivity contribution in [2.45, 2.75) is 18.9 Å². The third-order valence-corrected chi connectivity index (χ3v) is 6.09. The first kappa shape index (κ1) is 19.0. The number of hydrogen-bond donors (Lipinski definition) is 1. The Balaban J connectivity index is 2.05. The van der Waals surface area contributed by atoms with Crippen molar-refractivity contribution in [1.82, 2.24) is 4.90 Å². The summed E-state index contributed by atoms with van der Waals surface area (Å²) >= 11 is 5.53. The Hall–Kier alpha value is -1.38. The molecule has 134 valence electrons. The molecule has 0 unspecified atom stereocenters. The van der Waals surface area contributed by atoms with Crippen molar-refractivity contribution in [3.63, 3.8) is 0 Å². The average Bonchev–Trinajstić information content (AvgIpc) is 2.92. The third-order valence-electron chi connectivity index (χ3n) is 4.00. The van der Waals surface area contributed by atoms with Crippen molar-refractivity contribution in [1.29, 1.82) is 0 Å². The van der Waals surface area contributed by atoms with Gasteiger partial charge < -0.3 is 19.7 Å². The minimum Gasteiger partial charge on any atom is -0.497 e. The zero-order chi connectivity index (χ0) is 17.6. The van der Waals surface area contributed by atoms with Gasteiger partial charge in [-0.2, -0.15) is 0 Å². The number of ether oxygens (including phenoxy) is 2. The van der Waals surface area contributed by atoms with Gasteiger partial charge in [0.25, 0.3) is 0 Å². The van der Waals surface area contributed by atoms with Gasteiger partial charge in [-0.1, -0.05) is 0 Å². The number of rotatable bonds is 7. The van der Waals surface area contributed by atoms with E-state index in [9.17, 15) is 8.42 Å². The van der Waals surface area contributed by atoms with Crippen LogP contribution in [0.4, 0.5) is 5.69 Å². The molecule has 1 aliphatic heterocycles. The van der Waals surface area contributed by atoms with E-state index in [0.29, 0.717) is 24.7 Å². The van der Waals surface area contributed by atoms with Crippen molar-refractivity contribution >= 4 is 32.9 Å². The molecule has 1 heterocycles. The molecule has 1 atom stereocenters. The van der Waals surface area contributed by atoms with Crippen LogP contribution in [0.15, 0.2) is 24.3 Å². The number of nitrogens with zero attached hydrogens (tertiary/aromatic N) is 1. The number of anilines is 1. The zero-order valence-electron chi connectivity index (χ0n) is 14.0. The fraction of sp³-hybridized carbons (Fsp3) is 0.562. The minimum atomic E-state index is -2.96. The second-order valence-electron chi connectivity index (χ2n) is 5.76. The summed E-state index contributed by atoms with van der Waals surface area (Å²) in [5.41, 5.74) is 0.846. The smallest absolute Gasteiger partial charge is 0.173 e. The van der Waals surface area contributed by atoms with E-state index in [1.165, 1.54) is 0 Å². The Morgan fingerprint density at radius 1 is 1.33 bits per heavy atom. The fourth-order valence-corrected chi connectivity index (χ4v) is 4.81. The van der Waals surface area contributed by atoms with Crippen LogP contribution in [0.2, 0.25) is 0 Å². The highest BCUT2D eigenvalue weighted by Crippen LogP contribution is 2.21. The molecule has 24 heavy (non-hydrogen) atoms. The maximum Gasteiger partial charge on any atom is 0.173 e. The van der Waals surface area contributed by atoms with E-state index >= 15 is 0 Å². The molecule has 2 rings (SSSR count). The maximum atomic E-state index is 11.8. The largest absolute Gasteiger partial charge is 0.497 e. The summed E-state index contributed by atoms with van der Waals surface area (Å²) < 4.78 is 33.8. The molecule has 0 radical (unpaired) electrons. The van der Waals surface area contributed by atoms with E-state index in [4.69, 9.17) is 21.7 Å². The van der Waals surface area contributed by atoms with Crippen molar-refractivity contribution in [2.24, 2.45) is 0 Å². The topological polar surface area (TPSA) is 67.9 Å². The van der Waals surface area contributed by atoms with E-state index in [1.807, 2.05) is 29.2 Å². The fourth-order valence-electron chi connectivity index (χ4n) is 2.72. The summed E-state index contributed by atoms with van der Waals surface area (Å²) in [7, 11) is 0.304. The molecule has 0 saturated carbocycles. The molecule has 1 N–H and O–H groups in total. The van der Waals surface area contributed by atoms with Crippen LogP contribution in [0.25, 0.3) is 0 Å². The van der Waals surface area contributed by atoms with Crippen LogP contribution in [0, 0.1) is 0 Å². The monoisotopic (exact) mass is 372 g/mol. The van der Waals surface area contributed by atoms with Gasteiger partial charge in [-0.3, -0.25) is 0 Å². The third kappa shape index (κ3) is 5.32. The van der Waals surface area contributed by atoms with Crippen LogP contribution >= 0.6 is 12.2 Å². The number of hydrogen-bond acceptors (Lipinski definition) is 5. The summed E-state index contributed by atoms with van der Waals surface area (Å²) in [6, 6.07) is 7.37. The first-order chi connectivity index (χ1) is 11.4. The minimum absolute atomic E-state index is 0.0786. The Morgan fingerprint density at radius 3 is 2.58 bits per heavy atom. The summed E-state index contributed by atoms with van der Waals surface area (Å²) in [5, 5.41) is 3.73. The van der Waals surface area contributed by atoms with E-state index in [1.54, 1.807) is 14.2 Å². The molecule has 0 spiro atoms. The van der Waals surface area contributed by atoms with E-state index in [-0.39, 0.29) is 17.5 Å². The van der Waals surface area contributed by atoms with Gasteiger partial charge in [-0.05, 0) is 49.3 Å². The maximum absolute atomic E-state index is 11.8. The molecule has 0 aromatic heterocycles. The van der Waals surface area contributed by atoms with Crippen LogP contribution in [0.1, 0.15) is 12.8 Å². The van der Waals surface area contributed by atoms with Crippen molar-refractivity contribution in [3.8, 4) is 5.75 Å². The molecular weight excluding hydrogens is 348 g/mol.